The fourth-order valence-corrected chi connectivity index (χ4v) is 8.49. The Bertz CT molecular complexity index is 938. The monoisotopic (exact) mass is 519 g/mol. The SMILES string of the molecule is CC(C)N(C1=PC(c2ccccc2)=C1c1ccccc1)[Si](C)(C)C.[Rh].c1cc[cH-]c1. The normalized spacial score (nSPS) is 13.8. The van der Waals surface area contributed by atoms with Gasteiger partial charge in [-0.3, -0.25) is 4.57 Å². The van der Waals surface area contributed by atoms with Crippen LogP contribution in [-0.2, 0) is 19.5 Å². The molecular formula is C26H31NPRhSi-. The summed E-state index contributed by atoms with van der Waals surface area (Å²) in [6.45, 7) is 12.0. The first-order valence-electron chi connectivity index (χ1n) is 10.3. The Morgan fingerprint density at radius 3 is 1.67 bits per heavy atom. The first-order chi connectivity index (χ1) is 13.9. The largest absolute Gasteiger partial charge is 0.290 e. The molecule has 1 aliphatic rings. The summed E-state index contributed by atoms with van der Waals surface area (Å²) in [6.07, 6.45) is 0. The molecule has 0 bridgehead atoms. The van der Waals surface area contributed by atoms with Gasteiger partial charge in [-0.25, -0.2) is 12.1 Å². The van der Waals surface area contributed by atoms with Crippen LogP contribution >= 0.6 is 8.20 Å². The van der Waals surface area contributed by atoms with Crippen molar-refractivity contribution >= 4 is 32.7 Å². The Morgan fingerprint density at radius 2 is 1.27 bits per heavy atom. The molecule has 0 spiro atoms. The smallest absolute Gasteiger partial charge is 0.125 e. The molecule has 4 heteroatoms. The molecule has 4 rings (SSSR count). The minimum absolute atomic E-state index is 0. The summed E-state index contributed by atoms with van der Waals surface area (Å²) in [4.78, 5) is 0. The number of benzene rings is 2. The van der Waals surface area contributed by atoms with Crippen LogP contribution in [0.15, 0.2) is 91.0 Å². The molecule has 0 saturated carbocycles. The predicted octanol–water partition coefficient (Wildman–Crippen LogP) is 7.59. The first-order valence-corrected chi connectivity index (χ1v) is 14.6. The molecule has 1 nitrogen and oxygen atoms in total. The third-order valence-electron chi connectivity index (χ3n) is 4.81. The second-order valence-corrected chi connectivity index (χ2v) is 14.4. The van der Waals surface area contributed by atoms with Crippen LogP contribution in [0.5, 0.6) is 0 Å². The molecule has 1 radical (unpaired) electrons. The van der Waals surface area contributed by atoms with Gasteiger partial charge in [0.2, 0.25) is 0 Å². The Morgan fingerprint density at radius 1 is 0.767 bits per heavy atom. The second-order valence-electron chi connectivity index (χ2n) is 8.49. The molecule has 0 atom stereocenters. The minimum Gasteiger partial charge on any atom is -0.290 e. The molecule has 0 saturated heterocycles. The van der Waals surface area contributed by atoms with Gasteiger partial charge in [0.05, 0.1) is 0 Å². The molecule has 3 aromatic rings. The van der Waals surface area contributed by atoms with Gasteiger partial charge >= 0.3 is 0 Å². The van der Waals surface area contributed by atoms with Gasteiger partial charge in [0.25, 0.3) is 0 Å². The van der Waals surface area contributed by atoms with Crippen molar-refractivity contribution in [1.29, 1.82) is 0 Å². The van der Waals surface area contributed by atoms with E-state index in [1.165, 1.54) is 35.6 Å². The van der Waals surface area contributed by atoms with Gasteiger partial charge in [-0.15, -0.1) is 0 Å². The molecule has 0 aliphatic carbocycles. The van der Waals surface area contributed by atoms with E-state index in [-0.39, 0.29) is 19.5 Å². The Kier molecular flexibility index (Phi) is 9.26. The fraction of sp³-hybridized carbons (Fsp3) is 0.231. The molecule has 0 amide bonds. The standard InChI is InChI=1S/C21H26NPSi.C5H5.Rh/c1-16(2)22(24(3,4)5)21-19(17-12-8-6-9-13-17)20(23-21)18-14-10-7-11-15-18;1-2-4-5-3-1;/h6-16H,1-5H3;1-5H;/q;-1;. The third kappa shape index (κ3) is 6.02. The van der Waals surface area contributed by atoms with Crippen LogP contribution in [-0.4, -0.2) is 24.3 Å². The van der Waals surface area contributed by atoms with Crippen molar-refractivity contribution in [3.05, 3.63) is 102 Å². The average molecular weight is 520 g/mol. The number of nitrogens with zero attached hydrogens (tertiary/aromatic N) is 1. The summed E-state index contributed by atoms with van der Waals surface area (Å²) in [5, 5.41) is 1.46. The van der Waals surface area contributed by atoms with E-state index in [0.29, 0.717) is 6.04 Å². The Labute approximate surface area is 197 Å². The van der Waals surface area contributed by atoms with Gasteiger partial charge in [0, 0.05) is 41.8 Å². The van der Waals surface area contributed by atoms with Crippen LogP contribution in [0.2, 0.25) is 19.6 Å². The summed E-state index contributed by atoms with van der Waals surface area (Å²) in [6, 6.07) is 32.2. The van der Waals surface area contributed by atoms with Gasteiger partial charge in [0.1, 0.15) is 8.24 Å². The maximum atomic E-state index is 2.71. The maximum absolute atomic E-state index is 2.71. The van der Waals surface area contributed by atoms with E-state index in [9.17, 15) is 0 Å². The van der Waals surface area contributed by atoms with Crippen molar-refractivity contribution < 1.29 is 19.5 Å². The summed E-state index contributed by atoms with van der Waals surface area (Å²) in [7, 11) is -0.0626. The summed E-state index contributed by atoms with van der Waals surface area (Å²) < 4.78 is 2.71. The van der Waals surface area contributed by atoms with Crippen LogP contribution in [0.3, 0.4) is 0 Å². The number of hydrogen-bond donors (Lipinski definition) is 0. The van der Waals surface area contributed by atoms with Crippen molar-refractivity contribution in [2.45, 2.75) is 39.5 Å². The van der Waals surface area contributed by atoms with E-state index in [1.807, 2.05) is 30.3 Å². The minimum atomic E-state index is -1.43. The average Bonchev–Trinajstić information content (AvgIpc) is 3.25. The molecular weight excluding hydrogens is 488 g/mol. The molecule has 0 N–H and O–H groups in total. The molecule has 0 fully saturated rings. The van der Waals surface area contributed by atoms with E-state index >= 15 is 0 Å². The van der Waals surface area contributed by atoms with E-state index in [1.54, 1.807) is 0 Å². The van der Waals surface area contributed by atoms with Gasteiger partial charge < -0.3 is 0 Å². The molecule has 0 unspecified atom stereocenters. The summed E-state index contributed by atoms with van der Waals surface area (Å²) in [5.74, 6) is 0. The molecule has 0 aromatic heterocycles. The maximum Gasteiger partial charge on any atom is 0.125 e. The molecule has 1 aliphatic heterocycles. The van der Waals surface area contributed by atoms with Crippen LogP contribution in [0.1, 0.15) is 25.0 Å². The zero-order valence-electron chi connectivity index (χ0n) is 18.5. The fourth-order valence-electron chi connectivity index (χ4n) is 3.78. The van der Waals surface area contributed by atoms with Gasteiger partial charge in [-0.2, -0.15) is 18.2 Å². The van der Waals surface area contributed by atoms with E-state index in [0.717, 1.165) is 0 Å². The summed E-state index contributed by atoms with van der Waals surface area (Å²) >= 11 is 0. The van der Waals surface area contributed by atoms with Gasteiger partial charge in [0.15, 0.2) is 0 Å². The second kappa shape index (κ2) is 11.2. The van der Waals surface area contributed by atoms with Crippen molar-refractivity contribution in [1.82, 2.24) is 4.57 Å². The van der Waals surface area contributed by atoms with E-state index < -0.39 is 8.24 Å². The van der Waals surface area contributed by atoms with E-state index in [4.69, 9.17) is 0 Å². The quantitative estimate of drug-likeness (QED) is 0.191. The first kappa shape index (κ1) is 24.8. The van der Waals surface area contributed by atoms with E-state index in [2.05, 4.69) is 98.7 Å². The topological polar surface area (TPSA) is 3.24 Å². The Hall–Kier alpha value is -1.50. The zero-order valence-corrected chi connectivity index (χ0v) is 22.0. The van der Waals surface area contributed by atoms with Crippen molar-refractivity contribution in [3.8, 4) is 0 Å². The predicted molar refractivity (Wildman–Crippen MR) is 134 cm³/mol. The molecule has 3 aromatic carbocycles. The van der Waals surface area contributed by atoms with Crippen molar-refractivity contribution in [3.63, 3.8) is 0 Å². The zero-order chi connectivity index (χ0) is 20.9. The van der Waals surface area contributed by atoms with Gasteiger partial charge in [-0.05, 0) is 19.3 Å². The van der Waals surface area contributed by atoms with Crippen LogP contribution in [0.25, 0.3) is 10.9 Å². The van der Waals surface area contributed by atoms with Gasteiger partial charge in [-0.1, -0.05) is 94.2 Å². The number of hydrogen-bond acceptors (Lipinski definition) is 1. The molecule has 30 heavy (non-hydrogen) atoms. The van der Waals surface area contributed by atoms with Crippen LogP contribution < -0.4 is 0 Å². The Balaban J connectivity index is 0.000000468. The number of rotatable bonds is 5. The molecule has 1 heterocycles. The summed E-state index contributed by atoms with van der Waals surface area (Å²) in [5.41, 5.74) is 5.64. The van der Waals surface area contributed by atoms with Crippen molar-refractivity contribution in [2.24, 2.45) is 0 Å². The van der Waals surface area contributed by atoms with Crippen molar-refractivity contribution in [2.75, 3.05) is 0 Å². The van der Waals surface area contributed by atoms with Crippen LogP contribution in [0, 0.1) is 0 Å². The van der Waals surface area contributed by atoms with Crippen LogP contribution in [0.4, 0.5) is 0 Å². The molecule has 159 valence electrons. The third-order valence-corrected chi connectivity index (χ3v) is 8.54.